The fourth-order valence-corrected chi connectivity index (χ4v) is 3.76. The molecule has 0 aliphatic heterocycles. The molecule has 4 rings (SSSR count). The molecule has 3 aromatic heterocycles. The molecule has 1 amide bonds. The number of rotatable bonds is 4. The van der Waals surface area contributed by atoms with E-state index in [-0.39, 0.29) is 5.91 Å². The van der Waals surface area contributed by atoms with Crippen LogP contribution in [0.25, 0.3) is 21.5 Å². The quantitative estimate of drug-likeness (QED) is 0.607. The van der Waals surface area contributed by atoms with Crippen LogP contribution in [-0.2, 0) is 6.54 Å². The van der Waals surface area contributed by atoms with Gasteiger partial charge in [0.1, 0.15) is 0 Å². The molecule has 0 fully saturated rings. The molecule has 0 atom stereocenters. The van der Waals surface area contributed by atoms with Gasteiger partial charge in [0.05, 0.1) is 33.7 Å². The lowest BCUT2D eigenvalue weighted by Gasteiger charge is -2.08. The van der Waals surface area contributed by atoms with Gasteiger partial charge in [-0.15, -0.1) is 11.3 Å². The number of thiophene rings is 1. The number of nitrogens with zero attached hydrogens (tertiary/aromatic N) is 3. The summed E-state index contributed by atoms with van der Waals surface area (Å²) in [4.78, 5) is 25.4. The van der Waals surface area contributed by atoms with E-state index in [4.69, 9.17) is 0 Å². The summed E-state index contributed by atoms with van der Waals surface area (Å²) >= 11 is 3.13. The number of thiazole rings is 1. The molecule has 0 spiro atoms. The third-order valence-corrected chi connectivity index (χ3v) is 5.05. The van der Waals surface area contributed by atoms with Crippen molar-refractivity contribution in [3.8, 4) is 11.3 Å². The average molecular weight is 352 g/mol. The highest BCUT2D eigenvalue weighted by molar-refractivity contribution is 7.16. The summed E-state index contributed by atoms with van der Waals surface area (Å²) in [6.45, 7) is 0.332. The Labute approximate surface area is 146 Å². The first-order chi connectivity index (χ1) is 11.8. The van der Waals surface area contributed by atoms with E-state index < -0.39 is 0 Å². The van der Waals surface area contributed by atoms with Gasteiger partial charge in [-0.1, -0.05) is 0 Å². The molecule has 7 heteroatoms. The summed E-state index contributed by atoms with van der Waals surface area (Å²) < 4.78 is 1.00. The average Bonchev–Trinajstić information content (AvgIpc) is 3.30. The first-order valence-electron chi connectivity index (χ1n) is 7.25. The zero-order valence-electron chi connectivity index (χ0n) is 12.5. The minimum Gasteiger partial charge on any atom is -0.346 e. The maximum absolute atomic E-state index is 12.4. The Balaban J connectivity index is 1.53. The van der Waals surface area contributed by atoms with Gasteiger partial charge < -0.3 is 5.32 Å². The van der Waals surface area contributed by atoms with E-state index in [1.807, 2.05) is 29.0 Å². The van der Waals surface area contributed by atoms with E-state index in [0.29, 0.717) is 12.1 Å². The van der Waals surface area contributed by atoms with Crippen molar-refractivity contribution in [3.63, 3.8) is 0 Å². The molecule has 4 aromatic rings. The van der Waals surface area contributed by atoms with Gasteiger partial charge in [-0.3, -0.25) is 14.8 Å². The van der Waals surface area contributed by atoms with Crippen LogP contribution < -0.4 is 5.32 Å². The highest BCUT2D eigenvalue weighted by Gasteiger charge is 2.11. The topological polar surface area (TPSA) is 67.8 Å². The summed E-state index contributed by atoms with van der Waals surface area (Å²) in [6.07, 6.45) is 3.30. The molecule has 0 saturated carbocycles. The lowest BCUT2D eigenvalue weighted by Crippen LogP contribution is -2.23. The number of aromatic nitrogens is 3. The predicted molar refractivity (Wildman–Crippen MR) is 96.1 cm³/mol. The normalized spacial score (nSPS) is 10.8. The summed E-state index contributed by atoms with van der Waals surface area (Å²) in [6, 6.07) is 7.50. The minimum atomic E-state index is -0.132. The Morgan fingerprint density at radius 1 is 1.12 bits per heavy atom. The second kappa shape index (κ2) is 6.46. The number of carbonyl (C=O) groups excluding carboxylic acids is 1. The van der Waals surface area contributed by atoms with Crippen LogP contribution in [0.2, 0.25) is 0 Å². The number of carbonyl (C=O) groups is 1. The molecular formula is C17H12N4OS2. The number of hydrogen-bond donors (Lipinski definition) is 1. The standard InChI is InChI=1S/C17H12N4OS2/c22-17(11-1-2-13-15(7-11)24-10-21-13)20-8-14-16(19-5-4-18-14)12-3-6-23-9-12/h1-7,9-10H,8H2,(H,20,22). The highest BCUT2D eigenvalue weighted by Crippen LogP contribution is 2.22. The smallest absolute Gasteiger partial charge is 0.251 e. The Bertz CT molecular complexity index is 995. The molecule has 0 aliphatic carbocycles. The van der Waals surface area contributed by atoms with Crippen molar-refractivity contribution in [3.05, 3.63) is 64.2 Å². The molecule has 1 aromatic carbocycles. The van der Waals surface area contributed by atoms with Crippen LogP contribution >= 0.6 is 22.7 Å². The molecule has 0 saturated heterocycles. The second-order valence-corrected chi connectivity index (χ2v) is 6.75. The molecule has 0 aliphatic rings. The first kappa shape index (κ1) is 14.9. The molecular weight excluding hydrogens is 340 g/mol. The predicted octanol–water partition coefficient (Wildman–Crippen LogP) is 3.74. The van der Waals surface area contributed by atoms with Crippen LogP contribution in [0.4, 0.5) is 0 Å². The molecule has 3 heterocycles. The SMILES string of the molecule is O=C(NCc1nccnc1-c1ccsc1)c1ccc2ncsc2c1. The van der Waals surface area contributed by atoms with Crippen LogP contribution in [0.15, 0.2) is 52.9 Å². The number of amides is 1. The monoisotopic (exact) mass is 352 g/mol. The minimum absolute atomic E-state index is 0.132. The van der Waals surface area contributed by atoms with Crippen molar-refractivity contribution in [1.29, 1.82) is 0 Å². The molecule has 24 heavy (non-hydrogen) atoms. The summed E-state index contributed by atoms with van der Waals surface area (Å²) in [5.74, 6) is -0.132. The highest BCUT2D eigenvalue weighted by atomic mass is 32.1. The van der Waals surface area contributed by atoms with E-state index in [0.717, 1.165) is 27.2 Å². The lowest BCUT2D eigenvalue weighted by atomic mass is 10.1. The first-order valence-corrected chi connectivity index (χ1v) is 9.07. The summed E-state index contributed by atoms with van der Waals surface area (Å²) in [5, 5.41) is 6.94. The van der Waals surface area contributed by atoms with Gasteiger partial charge in [-0.05, 0) is 29.6 Å². The van der Waals surface area contributed by atoms with Crippen molar-refractivity contribution in [2.24, 2.45) is 0 Å². The Kier molecular flexibility index (Phi) is 4.02. The van der Waals surface area contributed by atoms with E-state index in [9.17, 15) is 4.79 Å². The van der Waals surface area contributed by atoms with Crippen LogP contribution in [0.3, 0.4) is 0 Å². The maximum Gasteiger partial charge on any atom is 0.251 e. The van der Waals surface area contributed by atoms with Gasteiger partial charge in [-0.2, -0.15) is 11.3 Å². The fraction of sp³-hybridized carbons (Fsp3) is 0.0588. The van der Waals surface area contributed by atoms with Crippen LogP contribution in [-0.4, -0.2) is 20.9 Å². The van der Waals surface area contributed by atoms with Crippen molar-refractivity contribution >= 4 is 38.8 Å². The number of nitrogens with one attached hydrogen (secondary N) is 1. The fourth-order valence-electron chi connectivity index (χ4n) is 2.40. The molecule has 1 N–H and O–H groups in total. The van der Waals surface area contributed by atoms with E-state index in [1.54, 1.807) is 35.3 Å². The van der Waals surface area contributed by atoms with Gasteiger partial charge in [0, 0.05) is 28.9 Å². The zero-order chi connectivity index (χ0) is 16.4. The van der Waals surface area contributed by atoms with E-state index in [2.05, 4.69) is 20.3 Å². The molecule has 0 unspecified atom stereocenters. The zero-order valence-corrected chi connectivity index (χ0v) is 14.1. The van der Waals surface area contributed by atoms with Crippen molar-refractivity contribution in [2.75, 3.05) is 0 Å². The van der Waals surface area contributed by atoms with E-state index in [1.165, 1.54) is 11.3 Å². The molecule has 5 nitrogen and oxygen atoms in total. The lowest BCUT2D eigenvalue weighted by molar-refractivity contribution is 0.0950. The number of hydrogen-bond acceptors (Lipinski definition) is 6. The van der Waals surface area contributed by atoms with Crippen molar-refractivity contribution in [1.82, 2.24) is 20.3 Å². The van der Waals surface area contributed by atoms with Crippen molar-refractivity contribution in [2.45, 2.75) is 6.54 Å². The van der Waals surface area contributed by atoms with Gasteiger partial charge in [0.15, 0.2) is 0 Å². The van der Waals surface area contributed by atoms with Crippen molar-refractivity contribution < 1.29 is 4.79 Å². The molecule has 118 valence electrons. The van der Waals surface area contributed by atoms with Gasteiger partial charge in [0.25, 0.3) is 5.91 Å². The van der Waals surface area contributed by atoms with E-state index >= 15 is 0 Å². The number of benzene rings is 1. The molecule has 0 bridgehead atoms. The summed E-state index contributed by atoms with van der Waals surface area (Å²) in [5.41, 5.74) is 5.88. The van der Waals surface area contributed by atoms with Gasteiger partial charge in [-0.25, -0.2) is 4.98 Å². The number of fused-ring (bicyclic) bond motifs is 1. The van der Waals surface area contributed by atoms with Gasteiger partial charge in [0.2, 0.25) is 0 Å². The molecule has 0 radical (unpaired) electrons. The Hall–Kier alpha value is -2.64. The maximum atomic E-state index is 12.4. The Morgan fingerprint density at radius 2 is 2.04 bits per heavy atom. The van der Waals surface area contributed by atoms with Crippen LogP contribution in [0, 0.1) is 0 Å². The van der Waals surface area contributed by atoms with Gasteiger partial charge >= 0.3 is 0 Å². The van der Waals surface area contributed by atoms with Crippen LogP contribution in [0.1, 0.15) is 16.1 Å². The second-order valence-electron chi connectivity index (χ2n) is 5.08. The Morgan fingerprint density at radius 3 is 2.92 bits per heavy atom. The largest absolute Gasteiger partial charge is 0.346 e. The third kappa shape index (κ3) is 2.91. The summed E-state index contributed by atoms with van der Waals surface area (Å²) in [7, 11) is 0. The van der Waals surface area contributed by atoms with Crippen LogP contribution in [0.5, 0.6) is 0 Å². The third-order valence-electron chi connectivity index (χ3n) is 3.58.